The zero-order chi connectivity index (χ0) is 11.0. The minimum Gasteiger partial charge on any atom is -0.389 e. The molecule has 1 N–H and O–H groups in total. The maximum Gasteiger partial charge on any atom is 0.138 e. The van der Waals surface area contributed by atoms with Gasteiger partial charge in [-0.2, -0.15) is 0 Å². The number of aliphatic hydroxyl groups is 1. The summed E-state index contributed by atoms with van der Waals surface area (Å²) in [4.78, 5) is 11.6. The van der Waals surface area contributed by atoms with Crippen LogP contribution < -0.4 is 0 Å². The second-order valence-electron chi connectivity index (χ2n) is 4.77. The quantitative estimate of drug-likeness (QED) is 0.688. The van der Waals surface area contributed by atoms with Crippen molar-refractivity contribution >= 4 is 5.78 Å². The molecule has 2 heteroatoms. The SMILES string of the molecule is C=C[C@H]1CCC[C@@](C)(C(C)=O)[C@@]1(C)O. The van der Waals surface area contributed by atoms with Crippen molar-refractivity contribution in [1.29, 1.82) is 0 Å². The molecule has 0 aromatic rings. The second-order valence-corrected chi connectivity index (χ2v) is 4.77. The third-order valence-electron chi connectivity index (χ3n) is 4.09. The predicted molar refractivity (Wildman–Crippen MR) is 56.9 cm³/mol. The number of Topliss-reactive ketones (excluding diaryl/α,β-unsaturated/α-hetero) is 1. The maximum atomic E-state index is 11.6. The molecule has 0 aliphatic heterocycles. The molecule has 14 heavy (non-hydrogen) atoms. The van der Waals surface area contributed by atoms with E-state index in [1.807, 2.05) is 6.92 Å². The van der Waals surface area contributed by atoms with Crippen LogP contribution in [0, 0.1) is 11.3 Å². The normalized spacial score (nSPS) is 43.3. The number of carbonyl (C=O) groups excluding carboxylic acids is 1. The third-order valence-corrected chi connectivity index (χ3v) is 4.09. The van der Waals surface area contributed by atoms with Crippen molar-refractivity contribution in [2.45, 2.75) is 45.6 Å². The van der Waals surface area contributed by atoms with Gasteiger partial charge in [-0.25, -0.2) is 0 Å². The van der Waals surface area contributed by atoms with Gasteiger partial charge in [-0.3, -0.25) is 4.79 Å². The molecule has 0 amide bonds. The Morgan fingerprint density at radius 1 is 1.57 bits per heavy atom. The summed E-state index contributed by atoms with van der Waals surface area (Å²) in [6, 6.07) is 0. The molecule has 1 rings (SSSR count). The maximum absolute atomic E-state index is 11.6. The van der Waals surface area contributed by atoms with E-state index in [2.05, 4.69) is 6.58 Å². The van der Waals surface area contributed by atoms with Crippen LogP contribution in [-0.4, -0.2) is 16.5 Å². The molecule has 0 saturated heterocycles. The van der Waals surface area contributed by atoms with Crippen LogP contribution in [0.5, 0.6) is 0 Å². The summed E-state index contributed by atoms with van der Waals surface area (Å²) in [5, 5.41) is 10.4. The Labute approximate surface area is 86.0 Å². The van der Waals surface area contributed by atoms with Crippen LogP contribution in [0.3, 0.4) is 0 Å². The van der Waals surface area contributed by atoms with E-state index in [0.29, 0.717) is 0 Å². The molecular formula is C12H20O2. The van der Waals surface area contributed by atoms with Gasteiger partial charge < -0.3 is 5.11 Å². The van der Waals surface area contributed by atoms with Crippen LogP contribution in [0.4, 0.5) is 0 Å². The first-order valence-corrected chi connectivity index (χ1v) is 5.22. The van der Waals surface area contributed by atoms with Crippen molar-refractivity contribution in [3.63, 3.8) is 0 Å². The smallest absolute Gasteiger partial charge is 0.138 e. The lowest BCUT2D eigenvalue weighted by atomic mass is 9.58. The minimum absolute atomic E-state index is 0.0325. The largest absolute Gasteiger partial charge is 0.389 e. The van der Waals surface area contributed by atoms with Crippen LogP contribution in [-0.2, 0) is 4.79 Å². The average molecular weight is 196 g/mol. The number of hydrogen-bond donors (Lipinski definition) is 1. The van der Waals surface area contributed by atoms with Gasteiger partial charge in [0.05, 0.1) is 11.0 Å². The summed E-state index contributed by atoms with van der Waals surface area (Å²) < 4.78 is 0. The summed E-state index contributed by atoms with van der Waals surface area (Å²) in [6.07, 6.45) is 4.47. The molecule has 1 fully saturated rings. The van der Waals surface area contributed by atoms with Crippen molar-refractivity contribution in [2.24, 2.45) is 11.3 Å². The van der Waals surface area contributed by atoms with Gasteiger partial charge in [0.15, 0.2) is 0 Å². The van der Waals surface area contributed by atoms with Crippen molar-refractivity contribution in [3.05, 3.63) is 12.7 Å². The third kappa shape index (κ3) is 1.42. The molecule has 0 aromatic carbocycles. The van der Waals surface area contributed by atoms with Gasteiger partial charge >= 0.3 is 0 Å². The summed E-state index contributed by atoms with van der Waals surface area (Å²) >= 11 is 0. The molecule has 0 spiro atoms. The van der Waals surface area contributed by atoms with Crippen LogP contribution in [0.2, 0.25) is 0 Å². The molecule has 0 radical (unpaired) electrons. The highest BCUT2D eigenvalue weighted by Crippen LogP contribution is 2.48. The molecule has 0 bridgehead atoms. The highest BCUT2D eigenvalue weighted by atomic mass is 16.3. The van der Waals surface area contributed by atoms with E-state index in [9.17, 15) is 9.90 Å². The van der Waals surface area contributed by atoms with E-state index in [-0.39, 0.29) is 11.7 Å². The number of ketones is 1. The van der Waals surface area contributed by atoms with E-state index in [4.69, 9.17) is 0 Å². The Morgan fingerprint density at radius 2 is 2.14 bits per heavy atom. The fourth-order valence-electron chi connectivity index (χ4n) is 2.50. The van der Waals surface area contributed by atoms with Gasteiger partial charge in [0.1, 0.15) is 5.78 Å². The molecule has 3 atom stereocenters. The van der Waals surface area contributed by atoms with Gasteiger partial charge in [-0.05, 0) is 33.6 Å². The summed E-state index contributed by atoms with van der Waals surface area (Å²) in [7, 11) is 0. The predicted octanol–water partition coefficient (Wildman–Crippen LogP) is 2.32. The molecule has 1 aliphatic rings. The molecule has 1 aliphatic carbocycles. The zero-order valence-corrected chi connectivity index (χ0v) is 9.34. The summed E-state index contributed by atoms with van der Waals surface area (Å²) in [5.74, 6) is 0.110. The molecule has 80 valence electrons. The van der Waals surface area contributed by atoms with Crippen molar-refractivity contribution in [1.82, 2.24) is 0 Å². The Hall–Kier alpha value is -0.630. The first kappa shape index (κ1) is 11.4. The number of carbonyl (C=O) groups is 1. The van der Waals surface area contributed by atoms with Crippen LogP contribution in [0.1, 0.15) is 40.0 Å². The Morgan fingerprint density at radius 3 is 2.57 bits per heavy atom. The van der Waals surface area contributed by atoms with E-state index in [1.165, 1.54) is 0 Å². The van der Waals surface area contributed by atoms with Crippen LogP contribution >= 0.6 is 0 Å². The zero-order valence-electron chi connectivity index (χ0n) is 9.34. The van der Waals surface area contributed by atoms with E-state index in [0.717, 1.165) is 19.3 Å². The van der Waals surface area contributed by atoms with Gasteiger partial charge in [0.2, 0.25) is 0 Å². The van der Waals surface area contributed by atoms with Crippen molar-refractivity contribution in [2.75, 3.05) is 0 Å². The average Bonchev–Trinajstić information content (AvgIpc) is 2.09. The molecule has 1 saturated carbocycles. The second kappa shape index (κ2) is 3.50. The summed E-state index contributed by atoms with van der Waals surface area (Å²) in [5.41, 5.74) is -1.55. The van der Waals surface area contributed by atoms with E-state index >= 15 is 0 Å². The first-order chi connectivity index (χ1) is 6.36. The molecule has 0 aromatic heterocycles. The van der Waals surface area contributed by atoms with E-state index in [1.54, 1.807) is 19.9 Å². The molecule has 0 unspecified atom stereocenters. The molecule has 2 nitrogen and oxygen atoms in total. The van der Waals surface area contributed by atoms with Crippen molar-refractivity contribution in [3.8, 4) is 0 Å². The fraction of sp³-hybridized carbons (Fsp3) is 0.750. The first-order valence-electron chi connectivity index (χ1n) is 5.22. The number of hydrogen-bond acceptors (Lipinski definition) is 2. The Bertz CT molecular complexity index is 255. The van der Waals surface area contributed by atoms with E-state index < -0.39 is 11.0 Å². The highest BCUT2D eigenvalue weighted by molar-refractivity contribution is 5.83. The van der Waals surface area contributed by atoms with Gasteiger partial charge in [-0.1, -0.05) is 12.5 Å². The minimum atomic E-state index is -0.946. The standard InChI is InChI=1S/C12H20O2/c1-5-10-7-6-8-11(3,9(2)13)12(10,4)14/h5,10,14H,1,6-8H2,2-4H3/t10-,11-,12-/m0/s1. The molecule has 0 heterocycles. The lowest BCUT2D eigenvalue weighted by Gasteiger charge is -2.49. The fourth-order valence-corrected chi connectivity index (χ4v) is 2.50. The topological polar surface area (TPSA) is 37.3 Å². The Balaban J connectivity index is 3.07. The summed E-state index contributed by atoms with van der Waals surface area (Å²) in [6.45, 7) is 8.93. The monoisotopic (exact) mass is 196 g/mol. The Kier molecular flexibility index (Phi) is 2.86. The highest BCUT2D eigenvalue weighted by Gasteiger charge is 2.52. The number of rotatable bonds is 2. The lowest BCUT2D eigenvalue weighted by Crippen LogP contribution is -2.55. The van der Waals surface area contributed by atoms with Crippen LogP contribution in [0.25, 0.3) is 0 Å². The lowest BCUT2D eigenvalue weighted by molar-refractivity contribution is -0.156. The van der Waals surface area contributed by atoms with Gasteiger partial charge in [0, 0.05) is 5.92 Å². The molecular weight excluding hydrogens is 176 g/mol. The van der Waals surface area contributed by atoms with Gasteiger partial charge in [0.25, 0.3) is 0 Å². The van der Waals surface area contributed by atoms with Crippen LogP contribution in [0.15, 0.2) is 12.7 Å². The van der Waals surface area contributed by atoms with Gasteiger partial charge in [-0.15, -0.1) is 6.58 Å². The van der Waals surface area contributed by atoms with Crippen molar-refractivity contribution < 1.29 is 9.90 Å².